The molecule has 4 aliphatic rings. The molecule has 0 aromatic carbocycles. The molecule has 6 nitrogen and oxygen atoms in total. The maximum atomic E-state index is 12.8. The highest BCUT2D eigenvalue weighted by molar-refractivity contribution is 5.76. The lowest BCUT2D eigenvalue weighted by molar-refractivity contribution is -0.145. The van der Waals surface area contributed by atoms with Crippen molar-refractivity contribution in [2.75, 3.05) is 37.6 Å². The number of piperazine rings is 1. The third-order valence-electron chi connectivity index (χ3n) is 7.84. The van der Waals surface area contributed by atoms with Crippen LogP contribution in [0.5, 0.6) is 0 Å². The molecule has 1 aromatic rings. The average Bonchev–Trinajstić information content (AvgIpc) is 3.01. The van der Waals surface area contributed by atoms with Gasteiger partial charge in [0.2, 0.25) is 5.95 Å². The number of rotatable bonds is 3. The van der Waals surface area contributed by atoms with E-state index >= 15 is 0 Å². The Hall–Kier alpha value is -1.95. The van der Waals surface area contributed by atoms with E-state index in [-0.39, 0.29) is 23.4 Å². The van der Waals surface area contributed by atoms with E-state index in [0.717, 1.165) is 51.5 Å². The Morgan fingerprint density at radius 1 is 1.21 bits per heavy atom. The Morgan fingerprint density at radius 3 is 2.72 bits per heavy atom. The van der Waals surface area contributed by atoms with Crippen LogP contribution in [0.4, 0.5) is 5.95 Å². The standard InChI is InChI=1S/C23H32N4O2/c1-16-5-3-6-23(2)14-20-17(13-19(16)23)18(21(28)29-20)15-26-9-11-27(12-10-26)22-24-7-4-8-25-22/h4,7-8,17-18,20H,3,5-6,9-15H2,1-2H3/t17-,18?,20-,23-/m1/s1. The van der Waals surface area contributed by atoms with Gasteiger partial charge in [0.1, 0.15) is 6.10 Å². The van der Waals surface area contributed by atoms with E-state index in [1.165, 1.54) is 19.3 Å². The normalized spacial score (nSPS) is 35.3. The zero-order valence-corrected chi connectivity index (χ0v) is 17.6. The van der Waals surface area contributed by atoms with Crippen molar-refractivity contribution in [3.05, 3.63) is 29.6 Å². The van der Waals surface area contributed by atoms with E-state index in [4.69, 9.17) is 4.74 Å². The second-order valence-corrected chi connectivity index (χ2v) is 9.66. The maximum Gasteiger partial charge on any atom is 0.310 e. The minimum atomic E-state index is 0.0197. The number of hydrogen-bond donors (Lipinski definition) is 0. The number of anilines is 1. The van der Waals surface area contributed by atoms with E-state index in [1.54, 1.807) is 23.5 Å². The van der Waals surface area contributed by atoms with Gasteiger partial charge in [-0.3, -0.25) is 9.69 Å². The molecule has 0 spiro atoms. The highest BCUT2D eigenvalue weighted by Gasteiger charge is 2.53. The fraction of sp³-hybridized carbons (Fsp3) is 0.696. The van der Waals surface area contributed by atoms with Crippen molar-refractivity contribution in [2.24, 2.45) is 17.3 Å². The zero-order chi connectivity index (χ0) is 20.0. The topological polar surface area (TPSA) is 58.6 Å². The molecule has 156 valence electrons. The van der Waals surface area contributed by atoms with Gasteiger partial charge in [-0.15, -0.1) is 0 Å². The first-order chi connectivity index (χ1) is 14.0. The van der Waals surface area contributed by atoms with E-state index in [1.807, 2.05) is 6.07 Å². The van der Waals surface area contributed by atoms with Crippen LogP contribution in [0.15, 0.2) is 29.6 Å². The Bertz CT molecular complexity index is 802. The molecule has 0 amide bonds. The first kappa shape index (κ1) is 19.0. The van der Waals surface area contributed by atoms with Crippen molar-refractivity contribution in [3.8, 4) is 0 Å². The molecule has 1 aromatic heterocycles. The molecule has 6 heteroatoms. The lowest BCUT2D eigenvalue weighted by Gasteiger charge is -2.46. The summed E-state index contributed by atoms with van der Waals surface area (Å²) in [5, 5.41) is 0. The summed E-state index contributed by atoms with van der Waals surface area (Å²) < 4.78 is 5.94. The average molecular weight is 397 g/mol. The van der Waals surface area contributed by atoms with Gasteiger partial charge in [-0.2, -0.15) is 0 Å². The SMILES string of the molecule is CC1=C2C[C@@H]3C(CN4CCN(c5ncccn5)CC4)C(=O)O[C@@H]3C[C@@]2(C)CCC1. The molecule has 0 N–H and O–H groups in total. The molecule has 5 rings (SSSR count). The Kier molecular flexibility index (Phi) is 4.85. The molecule has 2 aliphatic carbocycles. The van der Waals surface area contributed by atoms with E-state index in [2.05, 4.69) is 33.6 Å². The van der Waals surface area contributed by atoms with Crippen molar-refractivity contribution in [3.63, 3.8) is 0 Å². The fourth-order valence-corrected chi connectivity index (χ4v) is 6.18. The summed E-state index contributed by atoms with van der Waals surface area (Å²) in [6, 6.07) is 1.85. The Balaban J connectivity index is 1.25. The molecule has 0 radical (unpaired) electrons. The van der Waals surface area contributed by atoms with E-state index < -0.39 is 0 Å². The second kappa shape index (κ2) is 7.38. The van der Waals surface area contributed by atoms with E-state index in [0.29, 0.717) is 5.92 Å². The molecular weight excluding hydrogens is 364 g/mol. The second-order valence-electron chi connectivity index (χ2n) is 9.66. The van der Waals surface area contributed by atoms with Gasteiger partial charge >= 0.3 is 5.97 Å². The van der Waals surface area contributed by atoms with Crippen molar-refractivity contribution < 1.29 is 9.53 Å². The monoisotopic (exact) mass is 396 g/mol. The van der Waals surface area contributed by atoms with Crippen LogP contribution in [0.2, 0.25) is 0 Å². The lowest BCUT2D eigenvalue weighted by atomic mass is 9.59. The number of nitrogens with zero attached hydrogens (tertiary/aromatic N) is 4. The van der Waals surface area contributed by atoms with Gasteiger partial charge in [-0.1, -0.05) is 18.1 Å². The largest absolute Gasteiger partial charge is 0.462 e. The number of ether oxygens (including phenoxy) is 1. The van der Waals surface area contributed by atoms with Crippen molar-refractivity contribution in [2.45, 2.75) is 52.1 Å². The Labute approximate surface area is 173 Å². The number of carbonyl (C=O) groups is 1. The van der Waals surface area contributed by atoms with Crippen LogP contribution in [0.3, 0.4) is 0 Å². The lowest BCUT2D eigenvalue weighted by Crippen LogP contribution is -2.49. The summed E-state index contributed by atoms with van der Waals surface area (Å²) >= 11 is 0. The molecule has 3 fully saturated rings. The summed E-state index contributed by atoms with van der Waals surface area (Å²) in [6.07, 6.45) is 9.53. The highest BCUT2D eigenvalue weighted by atomic mass is 16.6. The number of aromatic nitrogens is 2. The number of allylic oxidation sites excluding steroid dienone is 2. The third-order valence-corrected chi connectivity index (χ3v) is 7.84. The summed E-state index contributed by atoms with van der Waals surface area (Å²) in [4.78, 5) is 26.2. The Morgan fingerprint density at radius 2 is 1.97 bits per heavy atom. The molecule has 1 saturated carbocycles. The van der Waals surface area contributed by atoms with Gasteiger partial charge in [0.05, 0.1) is 5.92 Å². The molecule has 1 unspecified atom stereocenters. The van der Waals surface area contributed by atoms with Gasteiger partial charge in [0.25, 0.3) is 0 Å². The quantitative estimate of drug-likeness (QED) is 0.578. The summed E-state index contributed by atoms with van der Waals surface area (Å²) in [5.74, 6) is 1.22. The molecule has 2 saturated heterocycles. The highest BCUT2D eigenvalue weighted by Crippen LogP contribution is 2.55. The number of fused-ring (bicyclic) bond motifs is 2. The molecule has 3 heterocycles. The van der Waals surface area contributed by atoms with Crippen LogP contribution in [-0.4, -0.2) is 59.7 Å². The first-order valence-electron chi connectivity index (χ1n) is 11.2. The van der Waals surface area contributed by atoms with Crippen molar-refractivity contribution in [1.29, 1.82) is 0 Å². The molecule has 2 aliphatic heterocycles. The van der Waals surface area contributed by atoms with Crippen molar-refractivity contribution >= 4 is 11.9 Å². The van der Waals surface area contributed by atoms with Crippen LogP contribution in [-0.2, 0) is 9.53 Å². The predicted molar refractivity (Wildman–Crippen MR) is 111 cm³/mol. The van der Waals surface area contributed by atoms with Gasteiger partial charge in [-0.05, 0) is 50.5 Å². The van der Waals surface area contributed by atoms with E-state index in [9.17, 15) is 4.79 Å². The molecular formula is C23H32N4O2. The van der Waals surface area contributed by atoms with Crippen LogP contribution in [0.25, 0.3) is 0 Å². The summed E-state index contributed by atoms with van der Waals surface area (Å²) in [6.45, 7) is 9.23. The van der Waals surface area contributed by atoms with Crippen LogP contribution >= 0.6 is 0 Å². The first-order valence-corrected chi connectivity index (χ1v) is 11.2. The van der Waals surface area contributed by atoms with Gasteiger partial charge in [0.15, 0.2) is 0 Å². The van der Waals surface area contributed by atoms with Crippen LogP contribution in [0, 0.1) is 17.3 Å². The number of carbonyl (C=O) groups excluding carboxylic acids is 1. The predicted octanol–water partition coefficient (Wildman–Crippen LogP) is 3.06. The molecule has 4 atom stereocenters. The van der Waals surface area contributed by atoms with Gasteiger partial charge in [0, 0.05) is 51.0 Å². The summed E-state index contributed by atoms with van der Waals surface area (Å²) in [5.41, 5.74) is 3.46. The van der Waals surface area contributed by atoms with Crippen molar-refractivity contribution in [1.82, 2.24) is 14.9 Å². The fourth-order valence-electron chi connectivity index (χ4n) is 6.18. The number of esters is 1. The third kappa shape index (κ3) is 3.45. The van der Waals surface area contributed by atoms with Gasteiger partial charge < -0.3 is 9.64 Å². The van der Waals surface area contributed by atoms with Gasteiger partial charge in [-0.25, -0.2) is 9.97 Å². The molecule has 0 bridgehead atoms. The number of hydrogen-bond acceptors (Lipinski definition) is 6. The van der Waals surface area contributed by atoms with Crippen LogP contribution < -0.4 is 4.90 Å². The smallest absolute Gasteiger partial charge is 0.310 e. The maximum absolute atomic E-state index is 12.8. The summed E-state index contributed by atoms with van der Waals surface area (Å²) in [7, 11) is 0. The van der Waals surface area contributed by atoms with Crippen LogP contribution in [0.1, 0.15) is 46.0 Å². The molecule has 29 heavy (non-hydrogen) atoms. The minimum absolute atomic E-state index is 0.0197. The minimum Gasteiger partial charge on any atom is -0.462 e. The zero-order valence-electron chi connectivity index (χ0n) is 17.6.